The minimum atomic E-state index is 0.131. The van der Waals surface area contributed by atoms with Gasteiger partial charge in [-0.3, -0.25) is 4.68 Å². The number of nitrogens with zero attached hydrogens (tertiary/aromatic N) is 5. The van der Waals surface area contributed by atoms with Gasteiger partial charge >= 0.3 is 0 Å². The van der Waals surface area contributed by atoms with E-state index in [0.717, 1.165) is 11.1 Å². The van der Waals surface area contributed by atoms with Gasteiger partial charge in [0.1, 0.15) is 22.5 Å². The third-order valence-corrected chi connectivity index (χ3v) is 3.75. The minimum absolute atomic E-state index is 0.131. The van der Waals surface area contributed by atoms with Gasteiger partial charge in [0.05, 0.1) is 19.8 Å². The summed E-state index contributed by atoms with van der Waals surface area (Å²) in [5.41, 5.74) is 3.16. The second kappa shape index (κ2) is 7.73. The van der Waals surface area contributed by atoms with Crippen LogP contribution in [0.15, 0.2) is 18.3 Å². The van der Waals surface area contributed by atoms with Crippen LogP contribution in [0.1, 0.15) is 11.3 Å². The van der Waals surface area contributed by atoms with Crippen molar-refractivity contribution in [3.05, 3.63) is 34.9 Å². The maximum absolute atomic E-state index is 6.12. The van der Waals surface area contributed by atoms with Crippen LogP contribution >= 0.6 is 11.6 Å². The van der Waals surface area contributed by atoms with Crippen molar-refractivity contribution < 1.29 is 9.47 Å². The van der Waals surface area contributed by atoms with Crippen LogP contribution in [0.5, 0.6) is 0 Å². The van der Waals surface area contributed by atoms with Gasteiger partial charge in [0.25, 0.3) is 0 Å². The standard InChI is InChI=1S/C16H19ClN6O2/c1-10-4-5-18-12(8-10)19-15-14-13(20-16(17)21-15)11(9-25-3)22-23(14)6-7-24-2/h4-5,8H,6-7,9H2,1-3H3,(H,18,19,20,21). The Morgan fingerprint density at radius 2 is 2.08 bits per heavy atom. The first kappa shape index (κ1) is 17.5. The first-order valence-corrected chi connectivity index (χ1v) is 8.10. The lowest BCUT2D eigenvalue weighted by molar-refractivity contribution is 0.176. The van der Waals surface area contributed by atoms with Crippen LogP contribution in [0, 0.1) is 6.92 Å². The summed E-state index contributed by atoms with van der Waals surface area (Å²) in [6.07, 6.45) is 1.73. The van der Waals surface area contributed by atoms with Crippen LogP contribution in [0.25, 0.3) is 11.0 Å². The van der Waals surface area contributed by atoms with Crippen molar-refractivity contribution in [1.82, 2.24) is 24.7 Å². The van der Waals surface area contributed by atoms with Gasteiger partial charge in [0, 0.05) is 20.4 Å². The number of anilines is 2. The highest BCUT2D eigenvalue weighted by atomic mass is 35.5. The number of pyridine rings is 1. The molecule has 0 unspecified atom stereocenters. The molecule has 0 aliphatic rings. The summed E-state index contributed by atoms with van der Waals surface area (Å²) in [5.74, 6) is 1.21. The smallest absolute Gasteiger partial charge is 0.225 e. The topological polar surface area (TPSA) is 87.0 Å². The van der Waals surface area contributed by atoms with Crippen molar-refractivity contribution >= 4 is 34.3 Å². The molecule has 0 bridgehead atoms. The van der Waals surface area contributed by atoms with Crippen LogP contribution < -0.4 is 5.32 Å². The lowest BCUT2D eigenvalue weighted by Crippen LogP contribution is -2.08. The second-order valence-corrected chi connectivity index (χ2v) is 5.82. The first-order chi connectivity index (χ1) is 12.1. The van der Waals surface area contributed by atoms with Gasteiger partial charge in [-0.25, -0.2) is 9.97 Å². The van der Waals surface area contributed by atoms with Crippen LogP contribution in [0.3, 0.4) is 0 Å². The lowest BCUT2D eigenvalue weighted by Gasteiger charge is -2.09. The van der Waals surface area contributed by atoms with Gasteiger partial charge in [-0.05, 0) is 36.2 Å². The highest BCUT2D eigenvalue weighted by Gasteiger charge is 2.18. The summed E-state index contributed by atoms with van der Waals surface area (Å²) in [6, 6.07) is 3.85. The van der Waals surface area contributed by atoms with Crippen molar-refractivity contribution in [2.24, 2.45) is 0 Å². The number of hydrogen-bond donors (Lipinski definition) is 1. The molecule has 0 spiro atoms. The molecule has 0 aliphatic carbocycles. The molecular formula is C16H19ClN6O2. The molecule has 0 aliphatic heterocycles. The highest BCUT2D eigenvalue weighted by molar-refractivity contribution is 6.28. The molecule has 3 rings (SSSR count). The Labute approximate surface area is 150 Å². The zero-order valence-electron chi connectivity index (χ0n) is 14.3. The molecule has 132 valence electrons. The average molecular weight is 363 g/mol. The molecule has 1 N–H and O–H groups in total. The number of aromatic nitrogens is 5. The van der Waals surface area contributed by atoms with Crippen LogP contribution in [0.2, 0.25) is 5.28 Å². The summed E-state index contributed by atoms with van der Waals surface area (Å²) in [5, 5.41) is 7.91. The zero-order chi connectivity index (χ0) is 17.8. The van der Waals surface area contributed by atoms with Gasteiger partial charge in [0.15, 0.2) is 5.82 Å². The van der Waals surface area contributed by atoms with Gasteiger partial charge in [-0.2, -0.15) is 10.1 Å². The largest absolute Gasteiger partial charge is 0.383 e. The number of methoxy groups -OCH3 is 2. The summed E-state index contributed by atoms with van der Waals surface area (Å²) in [6.45, 7) is 3.38. The summed E-state index contributed by atoms with van der Waals surface area (Å²) in [4.78, 5) is 13.0. The van der Waals surface area contributed by atoms with Crippen LogP contribution in [-0.2, 0) is 22.6 Å². The minimum Gasteiger partial charge on any atom is -0.383 e. The average Bonchev–Trinajstić information content (AvgIpc) is 2.91. The number of ether oxygens (including phenoxy) is 2. The molecule has 0 fully saturated rings. The van der Waals surface area contributed by atoms with Crippen LogP contribution in [0.4, 0.5) is 11.6 Å². The van der Waals surface area contributed by atoms with Gasteiger partial charge in [-0.15, -0.1) is 0 Å². The number of hydrogen-bond acceptors (Lipinski definition) is 7. The molecule has 9 heteroatoms. The fraction of sp³-hybridized carbons (Fsp3) is 0.375. The van der Waals surface area contributed by atoms with Crippen molar-refractivity contribution in [2.45, 2.75) is 20.1 Å². The second-order valence-electron chi connectivity index (χ2n) is 5.48. The van der Waals surface area contributed by atoms with E-state index in [1.807, 2.05) is 19.1 Å². The third kappa shape index (κ3) is 3.87. The van der Waals surface area contributed by atoms with Gasteiger partial charge < -0.3 is 14.8 Å². The van der Waals surface area contributed by atoms with E-state index >= 15 is 0 Å². The van der Waals surface area contributed by atoms with Crippen molar-refractivity contribution in [3.63, 3.8) is 0 Å². The highest BCUT2D eigenvalue weighted by Crippen LogP contribution is 2.27. The normalized spacial score (nSPS) is 11.2. The first-order valence-electron chi connectivity index (χ1n) is 7.73. The van der Waals surface area contributed by atoms with E-state index in [0.29, 0.717) is 42.6 Å². The van der Waals surface area contributed by atoms with E-state index in [-0.39, 0.29) is 5.28 Å². The molecule has 0 saturated heterocycles. The molecule has 0 radical (unpaired) electrons. The molecule has 25 heavy (non-hydrogen) atoms. The Morgan fingerprint density at radius 3 is 2.80 bits per heavy atom. The summed E-state index contributed by atoms with van der Waals surface area (Å²) >= 11 is 6.12. The Hall–Kier alpha value is -2.29. The van der Waals surface area contributed by atoms with Gasteiger partial charge in [0.2, 0.25) is 5.28 Å². The quantitative estimate of drug-likeness (QED) is 0.646. The molecule has 3 aromatic rings. The van der Waals surface area contributed by atoms with E-state index in [4.69, 9.17) is 21.1 Å². The van der Waals surface area contributed by atoms with Crippen molar-refractivity contribution in [2.75, 3.05) is 26.1 Å². The number of halogens is 1. The Morgan fingerprint density at radius 1 is 1.24 bits per heavy atom. The molecule has 0 atom stereocenters. The molecule has 0 amide bonds. The van der Waals surface area contributed by atoms with E-state index in [2.05, 4.69) is 25.4 Å². The molecular weight excluding hydrogens is 344 g/mol. The Kier molecular flexibility index (Phi) is 5.42. The molecule has 0 saturated carbocycles. The monoisotopic (exact) mass is 362 g/mol. The summed E-state index contributed by atoms with van der Waals surface area (Å²) in [7, 11) is 3.25. The fourth-order valence-electron chi connectivity index (χ4n) is 2.50. The Balaban J connectivity index is 2.12. The summed E-state index contributed by atoms with van der Waals surface area (Å²) < 4.78 is 12.2. The van der Waals surface area contributed by atoms with Gasteiger partial charge in [-0.1, -0.05) is 0 Å². The predicted octanol–water partition coefficient (Wildman–Crippen LogP) is 2.72. The van der Waals surface area contributed by atoms with Crippen molar-refractivity contribution in [3.8, 4) is 0 Å². The Bertz CT molecular complexity index is 882. The molecule has 3 aromatic heterocycles. The predicted molar refractivity (Wildman–Crippen MR) is 95.2 cm³/mol. The van der Waals surface area contributed by atoms with Crippen molar-refractivity contribution in [1.29, 1.82) is 0 Å². The number of aryl methyl sites for hydroxylation is 1. The van der Waals surface area contributed by atoms with E-state index in [1.165, 1.54) is 0 Å². The van der Waals surface area contributed by atoms with E-state index < -0.39 is 0 Å². The lowest BCUT2D eigenvalue weighted by atomic mass is 10.3. The molecule has 3 heterocycles. The number of nitrogens with one attached hydrogen (secondary N) is 1. The molecule has 0 aromatic carbocycles. The maximum atomic E-state index is 6.12. The fourth-order valence-corrected chi connectivity index (χ4v) is 2.67. The SMILES string of the molecule is COCCn1nc(COC)c2nc(Cl)nc(Nc3cc(C)ccn3)c21. The molecule has 8 nitrogen and oxygen atoms in total. The number of rotatable bonds is 7. The van der Waals surface area contributed by atoms with E-state index in [1.54, 1.807) is 25.1 Å². The zero-order valence-corrected chi connectivity index (χ0v) is 15.0. The third-order valence-electron chi connectivity index (χ3n) is 3.58. The van der Waals surface area contributed by atoms with Crippen LogP contribution in [-0.4, -0.2) is 45.6 Å². The van der Waals surface area contributed by atoms with E-state index in [9.17, 15) is 0 Å². The number of fused-ring (bicyclic) bond motifs is 1. The maximum Gasteiger partial charge on any atom is 0.225 e.